The summed E-state index contributed by atoms with van der Waals surface area (Å²) in [7, 11) is 0. The molecule has 1 atom stereocenters. The van der Waals surface area contributed by atoms with Gasteiger partial charge in [-0.25, -0.2) is 0 Å². The van der Waals surface area contributed by atoms with Gasteiger partial charge in [-0.15, -0.1) is 11.3 Å². The SMILES string of the molecule is CCNC(CC)c1sccc1CC. The Balaban J connectivity index is 2.77. The van der Waals surface area contributed by atoms with Gasteiger partial charge in [0.1, 0.15) is 0 Å². The number of hydrogen-bond donors (Lipinski definition) is 1. The molecule has 0 bridgehead atoms. The fraction of sp³-hybridized carbons (Fsp3) is 0.636. The minimum absolute atomic E-state index is 0.569. The summed E-state index contributed by atoms with van der Waals surface area (Å²) in [5.74, 6) is 0. The van der Waals surface area contributed by atoms with E-state index in [-0.39, 0.29) is 0 Å². The van der Waals surface area contributed by atoms with E-state index in [1.807, 2.05) is 11.3 Å². The van der Waals surface area contributed by atoms with Crippen LogP contribution in [0.15, 0.2) is 11.4 Å². The van der Waals surface area contributed by atoms with Gasteiger partial charge in [0.2, 0.25) is 0 Å². The Hall–Kier alpha value is -0.340. The smallest absolute Gasteiger partial charge is 0.0414 e. The highest BCUT2D eigenvalue weighted by Crippen LogP contribution is 2.26. The Labute approximate surface area is 85.2 Å². The first kappa shape index (κ1) is 10.7. The molecule has 0 aliphatic rings. The molecule has 13 heavy (non-hydrogen) atoms. The highest BCUT2D eigenvalue weighted by molar-refractivity contribution is 7.10. The van der Waals surface area contributed by atoms with Gasteiger partial charge in [-0.1, -0.05) is 20.8 Å². The van der Waals surface area contributed by atoms with Gasteiger partial charge in [-0.3, -0.25) is 0 Å². The van der Waals surface area contributed by atoms with E-state index in [1.54, 1.807) is 0 Å². The van der Waals surface area contributed by atoms with Crippen LogP contribution in [0.5, 0.6) is 0 Å². The third-order valence-corrected chi connectivity index (χ3v) is 3.41. The summed E-state index contributed by atoms with van der Waals surface area (Å²) in [4.78, 5) is 1.53. The number of rotatable bonds is 5. The first-order chi connectivity index (χ1) is 6.33. The van der Waals surface area contributed by atoms with Crippen LogP contribution < -0.4 is 5.32 Å². The number of thiophene rings is 1. The predicted molar refractivity (Wildman–Crippen MR) is 60.4 cm³/mol. The van der Waals surface area contributed by atoms with Gasteiger partial charge in [-0.05, 0) is 36.4 Å². The van der Waals surface area contributed by atoms with Crippen molar-refractivity contribution in [3.8, 4) is 0 Å². The summed E-state index contributed by atoms with van der Waals surface area (Å²) in [5, 5.41) is 5.72. The second kappa shape index (κ2) is 5.40. The van der Waals surface area contributed by atoms with Crippen LogP contribution in [0.4, 0.5) is 0 Å². The van der Waals surface area contributed by atoms with Gasteiger partial charge in [0.25, 0.3) is 0 Å². The molecule has 0 aliphatic heterocycles. The Morgan fingerprint density at radius 1 is 1.38 bits per heavy atom. The summed E-state index contributed by atoms with van der Waals surface area (Å²) >= 11 is 1.88. The average molecular weight is 197 g/mol. The molecule has 0 fully saturated rings. The molecule has 0 aromatic carbocycles. The molecule has 1 unspecified atom stereocenters. The maximum Gasteiger partial charge on any atom is 0.0414 e. The lowest BCUT2D eigenvalue weighted by molar-refractivity contribution is 0.542. The van der Waals surface area contributed by atoms with E-state index in [0.717, 1.165) is 13.0 Å². The largest absolute Gasteiger partial charge is 0.310 e. The van der Waals surface area contributed by atoms with Crippen molar-refractivity contribution in [3.05, 3.63) is 21.9 Å². The third-order valence-electron chi connectivity index (χ3n) is 2.34. The molecule has 1 heterocycles. The Kier molecular flexibility index (Phi) is 4.46. The first-order valence-electron chi connectivity index (χ1n) is 5.13. The molecule has 0 radical (unpaired) electrons. The predicted octanol–water partition coefficient (Wildman–Crippen LogP) is 3.37. The topological polar surface area (TPSA) is 12.0 Å². The van der Waals surface area contributed by atoms with Gasteiger partial charge in [0.05, 0.1) is 0 Å². The Morgan fingerprint density at radius 3 is 2.69 bits per heavy atom. The molecule has 1 aromatic rings. The highest BCUT2D eigenvalue weighted by Gasteiger charge is 2.12. The van der Waals surface area contributed by atoms with E-state index >= 15 is 0 Å². The first-order valence-corrected chi connectivity index (χ1v) is 6.01. The van der Waals surface area contributed by atoms with Gasteiger partial charge >= 0.3 is 0 Å². The summed E-state index contributed by atoms with van der Waals surface area (Å²) in [6, 6.07) is 2.82. The lowest BCUT2D eigenvalue weighted by atomic mass is 10.1. The minimum atomic E-state index is 0.569. The summed E-state index contributed by atoms with van der Waals surface area (Å²) in [6.45, 7) is 7.69. The van der Waals surface area contributed by atoms with Crippen molar-refractivity contribution in [2.75, 3.05) is 6.54 Å². The van der Waals surface area contributed by atoms with Crippen LogP contribution in [0.25, 0.3) is 0 Å². The molecular weight excluding hydrogens is 178 g/mol. The van der Waals surface area contributed by atoms with E-state index in [1.165, 1.54) is 16.9 Å². The molecule has 1 aromatic heterocycles. The molecule has 0 saturated heterocycles. The summed E-state index contributed by atoms with van der Waals surface area (Å²) < 4.78 is 0. The molecule has 2 heteroatoms. The maximum atomic E-state index is 3.52. The van der Waals surface area contributed by atoms with Gasteiger partial charge in [0, 0.05) is 10.9 Å². The van der Waals surface area contributed by atoms with Crippen LogP contribution >= 0.6 is 11.3 Å². The summed E-state index contributed by atoms with van der Waals surface area (Å²) in [6.07, 6.45) is 2.34. The Morgan fingerprint density at radius 2 is 2.15 bits per heavy atom. The van der Waals surface area contributed by atoms with E-state index in [2.05, 4.69) is 37.5 Å². The van der Waals surface area contributed by atoms with E-state index < -0.39 is 0 Å². The van der Waals surface area contributed by atoms with Crippen LogP contribution in [-0.4, -0.2) is 6.54 Å². The normalized spacial score (nSPS) is 13.2. The standard InChI is InChI=1S/C11H19NS/c1-4-9-7-8-13-11(9)10(5-2)12-6-3/h7-8,10,12H,4-6H2,1-3H3. The molecular formula is C11H19NS. The van der Waals surface area contributed by atoms with Crippen LogP contribution in [0.3, 0.4) is 0 Å². The highest BCUT2D eigenvalue weighted by atomic mass is 32.1. The molecule has 0 aliphatic carbocycles. The molecule has 0 amide bonds. The third kappa shape index (κ3) is 2.55. The zero-order chi connectivity index (χ0) is 9.68. The fourth-order valence-corrected chi connectivity index (χ4v) is 2.77. The molecule has 1 nitrogen and oxygen atoms in total. The van der Waals surface area contributed by atoms with Crippen molar-refractivity contribution < 1.29 is 0 Å². The van der Waals surface area contributed by atoms with Crippen molar-refractivity contribution in [3.63, 3.8) is 0 Å². The monoisotopic (exact) mass is 197 g/mol. The quantitative estimate of drug-likeness (QED) is 0.763. The lowest BCUT2D eigenvalue weighted by Gasteiger charge is -2.15. The van der Waals surface area contributed by atoms with Gasteiger partial charge in [0.15, 0.2) is 0 Å². The minimum Gasteiger partial charge on any atom is -0.310 e. The number of aryl methyl sites for hydroxylation is 1. The molecule has 1 N–H and O–H groups in total. The second-order valence-corrected chi connectivity index (χ2v) is 4.13. The summed E-state index contributed by atoms with van der Waals surface area (Å²) in [5.41, 5.74) is 1.51. The van der Waals surface area contributed by atoms with Crippen molar-refractivity contribution in [1.29, 1.82) is 0 Å². The van der Waals surface area contributed by atoms with Gasteiger partial charge < -0.3 is 5.32 Å². The zero-order valence-corrected chi connectivity index (χ0v) is 9.58. The number of hydrogen-bond acceptors (Lipinski definition) is 2. The Bertz CT molecular complexity index is 242. The van der Waals surface area contributed by atoms with Crippen molar-refractivity contribution >= 4 is 11.3 Å². The van der Waals surface area contributed by atoms with Crippen molar-refractivity contribution in [2.45, 2.75) is 39.7 Å². The maximum absolute atomic E-state index is 3.52. The second-order valence-electron chi connectivity index (χ2n) is 3.18. The van der Waals surface area contributed by atoms with Crippen LogP contribution in [0, 0.1) is 0 Å². The molecule has 0 saturated carbocycles. The van der Waals surface area contributed by atoms with Crippen LogP contribution in [0.1, 0.15) is 43.7 Å². The fourth-order valence-electron chi connectivity index (χ4n) is 1.61. The van der Waals surface area contributed by atoms with Crippen molar-refractivity contribution in [2.24, 2.45) is 0 Å². The number of nitrogens with one attached hydrogen (secondary N) is 1. The van der Waals surface area contributed by atoms with E-state index in [4.69, 9.17) is 0 Å². The van der Waals surface area contributed by atoms with E-state index in [0.29, 0.717) is 6.04 Å². The average Bonchev–Trinajstić information content (AvgIpc) is 2.61. The van der Waals surface area contributed by atoms with Crippen LogP contribution in [0.2, 0.25) is 0 Å². The van der Waals surface area contributed by atoms with Crippen molar-refractivity contribution in [1.82, 2.24) is 5.32 Å². The van der Waals surface area contributed by atoms with Gasteiger partial charge in [-0.2, -0.15) is 0 Å². The molecule has 1 rings (SSSR count). The van der Waals surface area contributed by atoms with E-state index in [9.17, 15) is 0 Å². The lowest BCUT2D eigenvalue weighted by Crippen LogP contribution is -2.19. The zero-order valence-electron chi connectivity index (χ0n) is 8.76. The molecule has 74 valence electrons. The molecule has 0 spiro atoms. The van der Waals surface area contributed by atoms with Crippen LogP contribution in [-0.2, 0) is 6.42 Å².